The van der Waals surface area contributed by atoms with E-state index in [1.807, 2.05) is 12.2 Å². The van der Waals surface area contributed by atoms with Gasteiger partial charge in [-0.25, -0.2) is 4.57 Å². The van der Waals surface area contributed by atoms with Crippen LogP contribution in [0.5, 0.6) is 0 Å². The van der Waals surface area contributed by atoms with Gasteiger partial charge in [0.15, 0.2) is 6.10 Å². The number of phosphoric acid groups is 1. The fraction of sp³-hybridized carbons (Fsp3) is 0.500. The molecular formula is C46H70NO11P. The Morgan fingerprint density at radius 1 is 0.610 bits per heavy atom. The van der Waals surface area contributed by atoms with E-state index in [0.717, 1.165) is 64.2 Å². The van der Waals surface area contributed by atoms with E-state index in [9.17, 15) is 28.9 Å². The van der Waals surface area contributed by atoms with Crippen LogP contribution in [0.4, 0.5) is 0 Å². The van der Waals surface area contributed by atoms with Crippen molar-refractivity contribution in [2.24, 2.45) is 5.73 Å². The fourth-order valence-electron chi connectivity index (χ4n) is 4.57. The molecule has 0 bridgehead atoms. The van der Waals surface area contributed by atoms with Gasteiger partial charge in [-0.3, -0.25) is 23.4 Å². The lowest BCUT2D eigenvalue weighted by atomic mass is 10.2. The summed E-state index contributed by atoms with van der Waals surface area (Å²) in [6.45, 7) is 2.31. The Kier molecular flexibility index (Phi) is 36.5. The number of hydrogen-bond acceptors (Lipinski definition) is 10. The van der Waals surface area contributed by atoms with Crippen molar-refractivity contribution in [3.05, 3.63) is 122 Å². The molecule has 0 aromatic heterocycles. The lowest BCUT2D eigenvalue weighted by molar-refractivity contribution is -0.161. The van der Waals surface area contributed by atoms with E-state index in [2.05, 4.69) is 103 Å². The third-order valence-corrected chi connectivity index (χ3v) is 8.75. The predicted molar refractivity (Wildman–Crippen MR) is 236 cm³/mol. The van der Waals surface area contributed by atoms with Crippen molar-refractivity contribution in [2.45, 2.75) is 128 Å². The molecule has 0 spiro atoms. The molecule has 0 rings (SSSR count). The van der Waals surface area contributed by atoms with E-state index in [1.165, 1.54) is 0 Å². The highest BCUT2D eigenvalue weighted by atomic mass is 31.2. The van der Waals surface area contributed by atoms with E-state index < -0.39 is 63.8 Å². The van der Waals surface area contributed by atoms with Crippen LogP contribution in [0.2, 0.25) is 0 Å². The summed E-state index contributed by atoms with van der Waals surface area (Å²) in [6.07, 6.45) is 48.8. The highest BCUT2D eigenvalue weighted by Gasteiger charge is 2.28. The summed E-state index contributed by atoms with van der Waals surface area (Å²) in [5.41, 5.74) is 5.31. The van der Waals surface area contributed by atoms with Gasteiger partial charge in [0.1, 0.15) is 12.6 Å². The minimum absolute atomic E-state index is 0.00209. The number of hydrogen-bond donors (Lipinski definition) is 4. The molecule has 0 aliphatic rings. The zero-order valence-electron chi connectivity index (χ0n) is 35.1. The summed E-state index contributed by atoms with van der Waals surface area (Å²) in [4.78, 5) is 45.9. The number of aliphatic carboxylic acids is 1. The Hall–Kier alpha value is -4.16. The van der Waals surface area contributed by atoms with Crippen LogP contribution in [0.3, 0.4) is 0 Å². The van der Waals surface area contributed by atoms with Gasteiger partial charge in [-0.2, -0.15) is 0 Å². The molecule has 0 aliphatic heterocycles. The van der Waals surface area contributed by atoms with Crippen molar-refractivity contribution in [1.82, 2.24) is 0 Å². The van der Waals surface area contributed by atoms with Crippen LogP contribution >= 0.6 is 7.82 Å². The number of rotatable bonds is 36. The van der Waals surface area contributed by atoms with Gasteiger partial charge in [-0.15, -0.1) is 0 Å². The van der Waals surface area contributed by atoms with E-state index in [-0.39, 0.29) is 12.8 Å². The molecule has 0 heterocycles. The van der Waals surface area contributed by atoms with Crippen LogP contribution in [0, 0.1) is 0 Å². The molecule has 0 fully saturated rings. The summed E-state index contributed by atoms with van der Waals surface area (Å²) in [6, 6.07) is -1.56. The second kappa shape index (κ2) is 39.3. The van der Waals surface area contributed by atoms with Gasteiger partial charge >= 0.3 is 25.7 Å². The van der Waals surface area contributed by atoms with E-state index in [4.69, 9.17) is 24.8 Å². The molecule has 0 radical (unpaired) electrons. The maximum atomic E-state index is 12.6. The SMILES string of the molecule is CC/C=C\C/C=C\C/C=C\C/C=C\C=C/C(O)C/C=C\CCC(=O)OC[C@H](COP(=O)(O)OC[C@H](N)C(=O)O)OC(=O)CCCC/C=C\C/C=C\C/C=C\C/C=C\CC. The second-order valence-corrected chi connectivity index (χ2v) is 14.7. The van der Waals surface area contributed by atoms with Crippen LogP contribution in [0.15, 0.2) is 122 Å². The summed E-state index contributed by atoms with van der Waals surface area (Å²) >= 11 is 0. The topological polar surface area (TPSA) is 192 Å². The lowest BCUT2D eigenvalue weighted by Gasteiger charge is -2.20. The van der Waals surface area contributed by atoms with Gasteiger partial charge in [0, 0.05) is 12.8 Å². The number of carbonyl (C=O) groups excluding carboxylic acids is 2. The summed E-state index contributed by atoms with van der Waals surface area (Å²) in [7, 11) is -4.78. The molecule has 0 saturated heterocycles. The average molecular weight is 844 g/mol. The summed E-state index contributed by atoms with van der Waals surface area (Å²) in [5, 5.41) is 19.1. The molecule has 0 saturated carbocycles. The Morgan fingerprint density at radius 3 is 1.68 bits per heavy atom. The Morgan fingerprint density at radius 2 is 1.12 bits per heavy atom. The largest absolute Gasteiger partial charge is 0.480 e. The van der Waals surface area contributed by atoms with Gasteiger partial charge in [0.25, 0.3) is 0 Å². The highest BCUT2D eigenvalue weighted by Crippen LogP contribution is 2.43. The average Bonchev–Trinajstić information content (AvgIpc) is 3.21. The molecule has 13 heteroatoms. The number of ether oxygens (including phenoxy) is 2. The minimum atomic E-state index is -4.78. The van der Waals surface area contributed by atoms with Gasteiger partial charge in [0.2, 0.25) is 0 Å². The molecule has 12 nitrogen and oxygen atoms in total. The number of allylic oxidation sites excluding steroid dienone is 18. The maximum Gasteiger partial charge on any atom is 0.472 e. The third-order valence-electron chi connectivity index (χ3n) is 7.80. The van der Waals surface area contributed by atoms with Gasteiger partial charge < -0.3 is 30.3 Å². The van der Waals surface area contributed by atoms with Gasteiger partial charge in [-0.05, 0) is 83.5 Å². The maximum absolute atomic E-state index is 12.6. The number of aliphatic hydroxyl groups excluding tert-OH is 1. The van der Waals surface area contributed by atoms with E-state index in [0.29, 0.717) is 19.3 Å². The first-order chi connectivity index (χ1) is 28.5. The van der Waals surface area contributed by atoms with E-state index >= 15 is 0 Å². The van der Waals surface area contributed by atoms with Crippen molar-refractivity contribution >= 4 is 25.7 Å². The Bertz CT molecular complexity index is 1470. The third kappa shape index (κ3) is 39.1. The minimum Gasteiger partial charge on any atom is -0.480 e. The Balaban J connectivity index is 4.70. The van der Waals surface area contributed by atoms with Crippen LogP contribution in [-0.4, -0.2) is 71.1 Å². The number of aliphatic hydroxyl groups is 1. The molecule has 4 atom stereocenters. The number of unbranched alkanes of at least 4 members (excludes halogenated alkanes) is 2. The number of carboxylic acid groups (broad SMARTS) is 1. The van der Waals surface area contributed by atoms with E-state index in [1.54, 1.807) is 24.3 Å². The summed E-state index contributed by atoms with van der Waals surface area (Å²) < 4.78 is 32.4. The normalized spacial score (nSPS) is 15.5. The molecule has 0 aromatic carbocycles. The first-order valence-corrected chi connectivity index (χ1v) is 22.2. The second-order valence-electron chi connectivity index (χ2n) is 13.2. The molecule has 330 valence electrons. The summed E-state index contributed by atoms with van der Waals surface area (Å²) in [5.74, 6) is -2.66. The first kappa shape index (κ1) is 54.8. The standard InChI is InChI=1S/C46H70NO11P/c1-3-5-7-9-11-13-15-17-18-20-22-24-26-28-32-37-45(50)58-42(39-56-59(53,54)57-40-43(47)46(51)52)38-55-44(49)36-33-29-31-35-41(48)34-30-27-25-23-21-19-16-14-12-10-8-6-4-2/h5-8,11-14,17-19,21-22,24-25,27,29-31,34,41-43,48H,3-4,9-10,15-16,20,23,26,28,32-33,35-40,47H2,1-2H3,(H,51,52)(H,53,54)/b7-5-,8-6-,13-11-,14-12-,18-17-,21-19-,24-22-,27-25-,31-29-,34-30-/t41?,42-,43+/m1/s1. The molecule has 0 aromatic rings. The van der Waals surface area contributed by atoms with Crippen molar-refractivity contribution in [1.29, 1.82) is 0 Å². The van der Waals surface area contributed by atoms with Crippen LogP contribution in [0.1, 0.15) is 110 Å². The zero-order valence-corrected chi connectivity index (χ0v) is 36.0. The number of nitrogens with two attached hydrogens (primary N) is 1. The fourth-order valence-corrected chi connectivity index (χ4v) is 5.35. The van der Waals surface area contributed by atoms with Crippen molar-refractivity contribution < 1.29 is 52.6 Å². The molecule has 0 aliphatic carbocycles. The van der Waals surface area contributed by atoms with Crippen molar-refractivity contribution in [3.8, 4) is 0 Å². The van der Waals surface area contributed by atoms with Gasteiger partial charge in [0.05, 0.1) is 19.3 Å². The van der Waals surface area contributed by atoms with Crippen molar-refractivity contribution in [3.63, 3.8) is 0 Å². The van der Waals surface area contributed by atoms with Gasteiger partial charge in [-0.1, -0.05) is 135 Å². The Labute approximate surface area is 352 Å². The first-order valence-electron chi connectivity index (χ1n) is 20.7. The molecule has 2 unspecified atom stereocenters. The predicted octanol–water partition coefficient (Wildman–Crippen LogP) is 9.80. The zero-order chi connectivity index (χ0) is 43.7. The van der Waals surface area contributed by atoms with Crippen molar-refractivity contribution in [2.75, 3.05) is 19.8 Å². The quantitative estimate of drug-likeness (QED) is 0.0154. The number of phosphoric ester groups is 1. The number of carbonyl (C=O) groups is 3. The molecule has 59 heavy (non-hydrogen) atoms. The molecule has 5 N–H and O–H groups in total. The molecular weight excluding hydrogens is 773 g/mol. The highest BCUT2D eigenvalue weighted by molar-refractivity contribution is 7.47. The van der Waals surface area contributed by atoms with Crippen LogP contribution in [0.25, 0.3) is 0 Å². The monoisotopic (exact) mass is 843 g/mol. The smallest absolute Gasteiger partial charge is 0.472 e. The number of esters is 2. The van der Waals surface area contributed by atoms with Crippen LogP contribution in [-0.2, 0) is 37.5 Å². The number of carboxylic acids is 1. The molecule has 0 amide bonds. The van der Waals surface area contributed by atoms with Crippen LogP contribution < -0.4 is 5.73 Å². The lowest BCUT2D eigenvalue weighted by Crippen LogP contribution is -2.34.